The SMILES string of the molecule is Cc1cccc(C)c1C(N)=CC(=N)OC(CNC(=O)c1cccc(S)c1)c1ccccc1C(C)(C)C. The summed E-state index contributed by atoms with van der Waals surface area (Å²) >= 11 is 4.33. The zero-order valence-corrected chi connectivity index (χ0v) is 22.4. The predicted octanol–water partition coefficient (Wildman–Crippen LogP) is 6.35. The maximum absolute atomic E-state index is 12.9. The van der Waals surface area contributed by atoms with E-state index in [-0.39, 0.29) is 23.8 Å². The van der Waals surface area contributed by atoms with Gasteiger partial charge < -0.3 is 15.8 Å². The van der Waals surface area contributed by atoms with Crippen LogP contribution in [0.2, 0.25) is 0 Å². The lowest BCUT2D eigenvalue weighted by Gasteiger charge is -2.28. The van der Waals surface area contributed by atoms with Crippen molar-refractivity contribution < 1.29 is 9.53 Å². The molecule has 0 radical (unpaired) electrons. The molecule has 3 rings (SSSR count). The number of thiol groups is 1. The van der Waals surface area contributed by atoms with Crippen molar-refractivity contribution in [3.63, 3.8) is 0 Å². The minimum absolute atomic E-state index is 0.0736. The molecular formula is C30H35N3O2S. The fourth-order valence-corrected chi connectivity index (χ4v) is 4.51. The zero-order valence-electron chi connectivity index (χ0n) is 21.6. The molecule has 0 saturated heterocycles. The van der Waals surface area contributed by atoms with Crippen molar-refractivity contribution in [2.45, 2.75) is 51.0 Å². The average molecular weight is 502 g/mol. The molecule has 1 amide bonds. The van der Waals surface area contributed by atoms with Gasteiger partial charge in [0.25, 0.3) is 5.91 Å². The molecule has 4 N–H and O–H groups in total. The molecular weight excluding hydrogens is 466 g/mol. The van der Waals surface area contributed by atoms with E-state index in [9.17, 15) is 4.79 Å². The van der Waals surface area contributed by atoms with Crippen LogP contribution in [-0.2, 0) is 10.2 Å². The molecule has 1 atom stereocenters. The van der Waals surface area contributed by atoms with Gasteiger partial charge >= 0.3 is 0 Å². The van der Waals surface area contributed by atoms with Crippen LogP contribution in [0.5, 0.6) is 0 Å². The smallest absolute Gasteiger partial charge is 0.251 e. The summed E-state index contributed by atoms with van der Waals surface area (Å²) in [5, 5.41) is 11.6. The summed E-state index contributed by atoms with van der Waals surface area (Å²) in [4.78, 5) is 13.6. The Morgan fingerprint density at radius 3 is 2.33 bits per heavy atom. The molecule has 0 bridgehead atoms. The maximum Gasteiger partial charge on any atom is 0.251 e. The number of amides is 1. The van der Waals surface area contributed by atoms with Gasteiger partial charge in [0.2, 0.25) is 5.90 Å². The highest BCUT2D eigenvalue weighted by Crippen LogP contribution is 2.31. The van der Waals surface area contributed by atoms with Crippen LogP contribution in [0.4, 0.5) is 0 Å². The van der Waals surface area contributed by atoms with Crippen molar-refractivity contribution in [1.29, 1.82) is 5.41 Å². The second-order valence-electron chi connectivity index (χ2n) is 9.93. The molecule has 6 heteroatoms. The summed E-state index contributed by atoms with van der Waals surface area (Å²) < 4.78 is 6.15. The zero-order chi connectivity index (χ0) is 26.5. The Labute approximate surface area is 219 Å². The summed E-state index contributed by atoms with van der Waals surface area (Å²) in [5.41, 5.74) is 12.2. The summed E-state index contributed by atoms with van der Waals surface area (Å²) in [6, 6.07) is 21.0. The molecule has 0 aromatic heterocycles. The molecule has 0 spiro atoms. The van der Waals surface area contributed by atoms with Crippen LogP contribution in [0.3, 0.4) is 0 Å². The van der Waals surface area contributed by atoms with E-state index < -0.39 is 6.10 Å². The van der Waals surface area contributed by atoms with E-state index in [1.807, 2.05) is 56.3 Å². The number of hydrogen-bond donors (Lipinski definition) is 4. The quantitative estimate of drug-likeness (QED) is 0.173. The van der Waals surface area contributed by atoms with Crippen LogP contribution in [0.15, 0.2) is 77.7 Å². The van der Waals surface area contributed by atoms with Gasteiger partial charge in [-0.25, -0.2) is 0 Å². The minimum Gasteiger partial charge on any atom is -0.468 e. The first-order chi connectivity index (χ1) is 17.0. The number of benzene rings is 3. The molecule has 0 fully saturated rings. The first-order valence-electron chi connectivity index (χ1n) is 11.9. The molecule has 36 heavy (non-hydrogen) atoms. The number of carbonyl (C=O) groups is 1. The van der Waals surface area contributed by atoms with Gasteiger partial charge in [-0.3, -0.25) is 10.2 Å². The van der Waals surface area contributed by atoms with Gasteiger partial charge in [-0.2, -0.15) is 0 Å². The third-order valence-corrected chi connectivity index (χ3v) is 6.28. The molecule has 0 saturated carbocycles. The van der Waals surface area contributed by atoms with E-state index in [1.165, 1.54) is 6.08 Å². The predicted molar refractivity (Wildman–Crippen MR) is 151 cm³/mol. The highest BCUT2D eigenvalue weighted by molar-refractivity contribution is 7.80. The van der Waals surface area contributed by atoms with E-state index >= 15 is 0 Å². The third-order valence-electron chi connectivity index (χ3n) is 6.00. The lowest BCUT2D eigenvalue weighted by Crippen LogP contribution is -2.31. The summed E-state index contributed by atoms with van der Waals surface area (Å²) in [7, 11) is 0. The number of hydrogen-bond acceptors (Lipinski definition) is 5. The van der Waals surface area contributed by atoms with Crippen LogP contribution >= 0.6 is 12.6 Å². The standard InChI is InChI=1S/C30H35N3O2S/c1-19-10-8-11-20(2)28(19)25(31)17-27(32)35-26(23-14-6-7-15-24(23)30(3,4)5)18-33-29(34)21-12-9-13-22(36)16-21/h6-17,26,32,36H,18,31H2,1-5H3,(H,33,34). The van der Waals surface area contributed by atoms with E-state index in [1.54, 1.807) is 18.2 Å². The van der Waals surface area contributed by atoms with E-state index in [0.29, 0.717) is 16.2 Å². The number of carbonyl (C=O) groups excluding carboxylic acids is 1. The van der Waals surface area contributed by atoms with E-state index in [4.69, 9.17) is 15.9 Å². The number of aryl methyl sites for hydroxylation is 2. The van der Waals surface area contributed by atoms with Gasteiger partial charge in [-0.15, -0.1) is 12.6 Å². The summed E-state index contributed by atoms with van der Waals surface area (Å²) in [6.45, 7) is 10.6. The van der Waals surface area contributed by atoms with Gasteiger partial charge in [0.05, 0.1) is 6.54 Å². The maximum atomic E-state index is 12.9. The topological polar surface area (TPSA) is 88.2 Å². The molecule has 3 aromatic carbocycles. The van der Waals surface area contributed by atoms with Gasteiger partial charge in [-0.1, -0.05) is 69.3 Å². The van der Waals surface area contributed by atoms with Crippen molar-refractivity contribution in [1.82, 2.24) is 5.32 Å². The fraction of sp³-hybridized carbons (Fsp3) is 0.267. The Hall–Kier alpha value is -3.51. The highest BCUT2D eigenvalue weighted by atomic mass is 32.1. The van der Waals surface area contributed by atoms with Crippen LogP contribution in [0, 0.1) is 19.3 Å². The second kappa shape index (κ2) is 11.5. The van der Waals surface area contributed by atoms with Crippen molar-refractivity contribution in [2.75, 3.05) is 6.54 Å². The second-order valence-corrected chi connectivity index (χ2v) is 10.5. The number of rotatable bonds is 7. The molecule has 3 aromatic rings. The van der Waals surface area contributed by atoms with Crippen LogP contribution in [-0.4, -0.2) is 18.3 Å². The van der Waals surface area contributed by atoms with Gasteiger partial charge in [0.1, 0.15) is 6.10 Å². The van der Waals surface area contributed by atoms with Crippen molar-refractivity contribution in [3.8, 4) is 0 Å². The van der Waals surface area contributed by atoms with Gasteiger partial charge in [-0.05, 0) is 59.7 Å². The van der Waals surface area contributed by atoms with Crippen molar-refractivity contribution in [3.05, 3.63) is 106 Å². The van der Waals surface area contributed by atoms with E-state index in [2.05, 4.69) is 44.8 Å². The monoisotopic (exact) mass is 501 g/mol. The molecule has 0 aliphatic heterocycles. The number of ether oxygens (including phenoxy) is 1. The van der Waals surface area contributed by atoms with E-state index in [0.717, 1.165) is 27.8 Å². The first kappa shape index (κ1) is 27.1. The third kappa shape index (κ3) is 6.79. The Kier molecular flexibility index (Phi) is 8.64. The molecule has 0 heterocycles. The average Bonchev–Trinajstić information content (AvgIpc) is 2.80. The first-order valence-corrected chi connectivity index (χ1v) is 12.4. The molecule has 0 aliphatic carbocycles. The minimum atomic E-state index is -0.585. The van der Waals surface area contributed by atoms with Crippen molar-refractivity contribution >= 4 is 30.1 Å². The van der Waals surface area contributed by atoms with Gasteiger partial charge in [0, 0.05) is 27.8 Å². The van der Waals surface area contributed by atoms with Gasteiger partial charge in [0.15, 0.2) is 0 Å². The normalized spacial score (nSPS) is 12.7. The number of nitrogens with one attached hydrogen (secondary N) is 2. The summed E-state index contributed by atoms with van der Waals surface area (Å²) in [5.74, 6) is -0.305. The molecule has 1 unspecified atom stereocenters. The molecule has 188 valence electrons. The largest absolute Gasteiger partial charge is 0.468 e. The highest BCUT2D eigenvalue weighted by Gasteiger charge is 2.25. The van der Waals surface area contributed by atoms with Crippen molar-refractivity contribution in [2.24, 2.45) is 5.73 Å². The van der Waals surface area contributed by atoms with Crippen LogP contribution < -0.4 is 11.1 Å². The summed E-state index contributed by atoms with van der Waals surface area (Å²) in [6.07, 6.45) is 0.951. The van der Waals surface area contributed by atoms with Crippen LogP contribution in [0.25, 0.3) is 5.70 Å². The fourth-order valence-electron chi connectivity index (χ4n) is 4.28. The van der Waals surface area contributed by atoms with Crippen LogP contribution in [0.1, 0.15) is 65.1 Å². The Bertz CT molecular complexity index is 1270. The Balaban J connectivity index is 1.90. The Morgan fingerprint density at radius 2 is 1.69 bits per heavy atom. The Morgan fingerprint density at radius 1 is 1.06 bits per heavy atom. The molecule has 5 nitrogen and oxygen atoms in total. The lowest BCUT2D eigenvalue weighted by molar-refractivity contribution is 0.0922. The molecule has 0 aliphatic rings. The number of nitrogens with two attached hydrogens (primary N) is 1. The lowest BCUT2D eigenvalue weighted by atomic mass is 9.82.